The summed E-state index contributed by atoms with van der Waals surface area (Å²) in [7, 11) is 0. The number of benzene rings is 2. The van der Waals surface area contributed by atoms with Crippen LogP contribution in [0.25, 0.3) is 11.1 Å². The normalized spacial score (nSPS) is 12.5. The Morgan fingerprint density at radius 3 is 1.43 bits per heavy atom. The molecule has 0 saturated heterocycles. The van der Waals surface area contributed by atoms with Crippen LogP contribution >= 0.6 is 12.4 Å². The lowest BCUT2D eigenvalue weighted by atomic mass is 10.0. The fourth-order valence-electron chi connectivity index (χ4n) is 3.04. The fraction of sp³-hybridized carbons (Fsp3) is 0.158. The minimum atomic E-state index is -0.0618. The first-order valence-electron chi connectivity index (χ1n) is 8.38. The predicted molar refractivity (Wildman–Crippen MR) is 118 cm³/mol. The highest BCUT2D eigenvalue weighted by atomic mass is 35.5. The molecule has 0 radical (unpaired) electrons. The zero-order chi connectivity index (χ0) is 19.6. The van der Waals surface area contributed by atoms with Gasteiger partial charge in [-0.15, -0.1) is 22.6 Å². The smallest absolute Gasteiger partial charge is 0.211 e. The molecule has 0 aromatic heterocycles. The van der Waals surface area contributed by atoms with Crippen LogP contribution in [0.2, 0.25) is 0 Å². The minimum absolute atomic E-state index is 0. The average Bonchev–Trinajstić information content (AvgIpc) is 3.00. The minimum Gasteiger partial charge on any atom is -0.369 e. The molecule has 0 bridgehead atoms. The quantitative estimate of drug-likeness (QED) is 0.300. The number of hydrogen-bond acceptors (Lipinski definition) is 4. The van der Waals surface area contributed by atoms with Crippen molar-refractivity contribution in [1.29, 1.82) is 0 Å². The van der Waals surface area contributed by atoms with Gasteiger partial charge in [-0.05, 0) is 65.8 Å². The largest absolute Gasteiger partial charge is 0.369 e. The van der Waals surface area contributed by atoms with Crippen molar-refractivity contribution in [2.45, 2.75) is 20.3 Å². The van der Waals surface area contributed by atoms with E-state index in [9.17, 15) is 0 Å². The Labute approximate surface area is 169 Å². The van der Waals surface area contributed by atoms with Gasteiger partial charge in [0.1, 0.15) is 0 Å². The van der Waals surface area contributed by atoms with Gasteiger partial charge in [0.25, 0.3) is 0 Å². The Morgan fingerprint density at radius 2 is 1.07 bits per heavy atom. The summed E-state index contributed by atoms with van der Waals surface area (Å²) in [5.74, 6) is -0.124. The lowest BCUT2D eigenvalue weighted by Gasteiger charge is -2.05. The van der Waals surface area contributed by atoms with Gasteiger partial charge < -0.3 is 22.9 Å². The van der Waals surface area contributed by atoms with E-state index in [1.807, 2.05) is 26.0 Å². The van der Waals surface area contributed by atoms with Crippen LogP contribution in [0.15, 0.2) is 56.8 Å². The molecule has 146 valence electrons. The first-order chi connectivity index (χ1) is 12.8. The Morgan fingerprint density at radius 1 is 0.679 bits per heavy atom. The highest BCUT2D eigenvalue weighted by Crippen LogP contribution is 2.37. The summed E-state index contributed by atoms with van der Waals surface area (Å²) in [5.41, 5.74) is 29.7. The van der Waals surface area contributed by atoms with E-state index in [1.165, 1.54) is 22.3 Å². The second kappa shape index (κ2) is 8.53. The Balaban J connectivity index is 0.00000280. The molecule has 2 aromatic carbocycles. The Kier molecular flexibility index (Phi) is 6.37. The molecule has 0 spiro atoms. The van der Waals surface area contributed by atoms with E-state index in [1.54, 1.807) is 0 Å². The van der Waals surface area contributed by atoms with Gasteiger partial charge in [0.15, 0.2) is 0 Å². The lowest BCUT2D eigenvalue weighted by molar-refractivity contribution is 1.19. The van der Waals surface area contributed by atoms with E-state index < -0.39 is 0 Å². The van der Waals surface area contributed by atoms with Gasteiger partial charge in [-0.25, -0.2) is 0 Å². The van der Waals surface area contributed by atoms with E-state index in [4.69, 9.17) is 22.9 Å². The maximum absolute atomic E-state index is 5.33. The van der Waals surface area contributed by atoms with Crippen LogP contribution in [0.1, 0.15) is 36.1 Å². The molecule has 8 nitrogen and oxygen atoms in total. The fourth-order valence-corrected chi connectivity index (χ4v) is 3.04. The van der Waals surface area contributed by atoms with Crippen LogP contribution in [0.3, 0.4) is 0 Å². The van der Waals surface area contributed by atoms with Gasteiger partial charge in [-0.3, -0.25) is 0 Å². The highest BCUT2D eigenvalue weighted by Gasteiger charge is 2.19. The maximum Gasteiger partial charge on any atom is 0.211 e. The van der Waals surface area contributed by atoms with Gasteiger partial charge in [-0.1, -0.05) is 24.3 Å². The summed E-state index contributed by atoms with van der Waals surface area (Å²) in [5, 5.41) is 15.5. The maximum atomic E-state index is 5.33. The number of nitrogens with zero attached hydrogens (tertiary/aromatic N) is 4. The first kappa shape index (κ1) is 20.9. The van der Waals surface area contributed by atoms with E-state index in [0.717, 1.165) is 29.0 Å². The molecule has 0 unspecified atom stereocenters. The van der Waals surface area contributed by atoms with Crippen LogP contribution < -0.4 is 22.9 Å². The first-order valence-corrected chi connectivity index (χ1v) is 8.38. The summed E-state index contributed by atoms with van der Waals surface area (Å²) < 4.78 is 0. The van der Waals surface area contributed by atoms with Crippen molar-refractivity contribution in [2.24, 2.45) is 43.3 Å². The number of guanidine groups is 2. The van der Waals surface area contributed by atoms with Gasteiger partial charge in [-0.2, -0.15) is 10.2 Å². The van der Waals surface area contributed by atoms with E-state index >= 15 is 0 Å². The third-order valence-corrected chi connectivity index (χ3v) is 4.35. The molecule has 2 aromatic rings. The highest BCUT2D eigenvalue weighted by molar-refractivity contribution is 6.01. The van der Waals surface area contributed by atoms with Crippen molar-refractivity contribution in [2.75, 3.05) is 0 Å². The van der Waals surface area contributed by atoms with Crippen LogP contribution in [0.5, 0.6) is 0 Å². The number of fused-ring (bicyclic) bond motifs is 3. The molecule has 9 heteroatoms. The number of halogens is 1. The number of nitrogens with two attached hydrogens (primary N) is 4. The molecule has 0 aliphatic heterocycles. The summed E-state index contributed by atoms with van der Waals surface area (Å²) in [6.07, 6.45) is 0.831. The van der Waals surface area contributed by atoms with E-state index in [2.05, 4.69) is 44.7 Å². The molecule has 28 heavy (non-hydrogen) atoms. The van der Waals surface area contributed by atoms with Crippen molar-refractivity contribution in [1.82, 2.24) is 0 Å². The SMILES string of the molecule is C/C(=N\N=C(N)N)c1ccc2c(c1)Cc1cc(/C(C)=N/N=C(N)N)ccc1-2.Cl. The Hall–Kier alpha value is -3.39. The number of hydrogen-bond donors (Lipinski definition) is 4. The monoisotopic (exact) mass is 398 g/mol. The van der Waals surface area contributed by atoms with Crippen LogP contribution in [0, 0.1) is 0 Å². The molecule has 0 heterocycles. The topological polar surface area (TPSA) is 154 Å². The van der Waals surface area contributed by atoms with Crippen LogP contribution in [-0.4, -0.2) is 23.3 Å². The summed E-state index contributed by atoms with van der Waals surface area (Å²) in [4.78, 5) is 0. The molecule has 0 fully saturated rings. The second-order valence-corrected chi connectivity index (χ2v) is 6.34. The van der Waals surface area contributed by atoms with Gasteiger partial charge in [0.05, 0.1) is 11.4 Å². The molecule has 1 aliphatic rings. The molecule has 8 N–H and O–H groups in total. The van der Waals surface area contributed by atoms with Gasteiger partial charge in [0, 0.05) is 0 Å². The molecule has 0 amide bonds. The molecule has 3 rings (SSSR count). The third kappa shape index (κ3) is 4.47. The van der Waals surface area contributed by atoms with Crippen molar-refractivity contribution in [3.05, 3.63) is 58.7 Å². The van der Waals surface area contributed by atoms with Crippen molar-refractivity contribution in [3.8, 4) is 11.1 Å². The van der Waals surface area contributed by atoms with Crippen molar-refractivity contribution in [3.63, 3.8) is 0 Å². The summed E-state index contributed by atoms with van der Waals surface area (Å²) in [6.45, 7) is 3.75. The van der Waals surface area contributed by atoms with Crippen molar-refractivity contribution >= 4 is 35.7 Å². The Bertz CT molecular complexity index is 931. The average molecular weight is 399 g/mol. The van der Waals surface area contributed by atoms with E-state index in [-0.39, 0.29) is 24.3 Å². The molecular weight excluding hydrogens is 376 g/mol. The standard InChI is InChI=1S/C19H22N8.ClH/c1-10(24-26-18(20)21)12-3-5-16-14(7-12)9-15-8-13(4-6-17(15)16)11(2)25-27-19(22)23;/h3-8H,9H2,1-2H3,(H4,20,21,26)(H4,22,23,27);1H/b24-10+,25-11+;. The molecule has 1 aliphatic carbocycles. The van der Waals surface area contributed by atoms with Gasteiger partial charge in [0.2, 0.25) is 11.9 Å². The zero-order valence-corrected chi connectivity index (χ0v) is 16.5. The zero-order valence-electron chi connectivity index (χ0n) is 15.7. The second-order valence-electron chi connectivity index (χ2n) is 6.34. The molecule has 0 atom stereocenters. The van der Waals surface area contributed by atoms with Gasteiger partial charge >= 0.3 is 0 Å². The predicted octanol–water partition coefficient (Wildman–Crippen LogP) is 1.67. The van der Waals surface area contributed by atoms with Crippen LogP contribution in [0.4, 0.5) is 0 Å². The third-order valence-electron chi connectivity index (χ3n) is 4.35. The number of rotatable bonds is 4. The lowest BCUT2D eigenvalue weighted by Crippen LogP contribution is -2.22. The van der Waals surface area contributed by atoms with Crippen molar-refractivity contribution < 1.29 is 0 Å². The molecule has 0 saturated carbocycles. The van der Waals surface area contributed by atoms with E-state index in [0.29, 0.717) is 0 Å². The summed E-state index contributed by atoms with van der Waals surface area (Å²) in [6, 6.07) is 12.5. The molecular formula is C19H23ClN8. The van der Waals surface area contributed by atoms with Crippen LogP contribution in [-0.2, 0) is 6.42 Å². The summed E-state index contributed by atoms with van der Waals surface area (Å²) >= 11 is 0.